The van der Waals surface area contributed by atoms with Crippen LogP contribution >= 0.6 is 0 Å². The number of carbonyl (C=O) groups excluding carboxylic acids is 2. The zero-order chi connectivity index (χ0) is 27.3. The Balaban J connectivity index is 1.07. The van der Waals surface area contributed by atoms with Crippen molar-refractivity contribution in [1.82, 2.24) is 14.7 Å². The van der Waals surface area contributed by atoms with Crippen LogP contribution in [0.4, 0.5) is 10.5 Å². The Labute approximate surface area is 234 Å². The molecule has 4 rings (SSSR count). The van der Waals surface area contributed by atoms with Gasteiger partial charge >= 0.3 is 6.09 Å². The standard InChI is InChI=1S/C32H46N4O3/c1-32(39-31(38)33-30-16-10-9-15-29(30)28-13-7-6-8-14-28)17-21-34(22-18-32)19-11-4-2-3-5-12-20-35-23-25-36(27-37)26-24-35/h6-10,13-16,27H,2-5,11-12,17-26H2,1H3,(H,33,38). The number of unbranched alkanes of at least 4 members (excludes halogenated alkanes) is 5. The van der Waals surface area contributed by atoms with Gasteiger partial charge in [-0.2, -0.15) is 0 Å². The average Bonchev–Trinajstić information content (AvgIpc) is 2.96. The van der Waals surface area contributed by atoms with E-state index in [-0.39, 0.29) is 6.09 Å². The van der Waals surface area contributed by atoms with Gasteiger partial charge < -0.3 is 14.5 Å². The first-order chi connectivity index (χ1) is 19.0. The molecule has 0 aromatic heterocycles. The molecule has 2 aromatic carbocycles. The largest absolute Gasteiger partial charge is 0.443 e. The monoisotopic (exact) mass is 534 g/mol. The lowest BCUT2D eigenvalue weighted by Crippen LogP contribution is -2.46. The molecule has 0 unspecified atom stereocenters. The minimum Gasteiger partial charge on any atom is -0.443 e. The number of benzene rings is 2. The van der Waals surface area contributed by atoms with Crippen molar-refractivity contribution < 1.29 is 14.3 Å². The summed E-state index contributed by atoms with van der Waals surface area (Å²) in [5.74, 6) is 0. The summed E-state index contributed by atoms with van der Waals surface area (Å²) >= 11 is 0. The fourth-order valence-electron chi connectivity index (χ4n) is 5.64. The Hall–Kier alpha value is -2.90. The number of carbonyl (C=O) groups is 2. The van der Waals surface area contributed by atoms with Crippen LogP contribution in [0.5, 0.6) is 0 Å². The van der Waals surface area contributed by atoms with Gasteiger partial charge in [0.1, 0.15) is 5.60 Å². The minimum atomic E-state index is -0.428. The highest BCUT2D eigenvalue weighted by Gasteiger charge is 2.33. The molecule has 0 radical (unpaired) electrons. The lowest BCUT2D eigenvalue weighted by atomic mass is 9.93. The second kappa shape index (κ2) is 15.0. The van der Waals surface area contributed by atoms with E-state index in [1.807, 2.05) is 59.5 Å². The molecule has 2 amide bonds. The first-order valence-electron chi connectivity index (χ1n) is 14.8. The van der Waals surface area contributed by atoms with Gasteiger partial charge in [-0.15, -0.1) is 0 Å². The molecule has 212 valence electrons. The van der Waals surface area contributed by atoms with Gasteiger partial charge in [0.2, 0.25) is 6.41 Å². The number of piperidine rings is 1. The quantitative estimate of drug-likeness (QED) is 0.257. The Kier molecular flexibility index (Phi) is 11.2. The van der Waals surface area contributed by atoms with Crippen molar-refractivity contribution in [2.24, 2.45) is 0 Å². The first-order valence-corrected chi connectivity index (χ1v) is 14.8. The number of hydrogen-bond donors (Lipinski definition) is 1. The Morgan fingerprint density at radius 2 is 1.36 bits per heavy atom. The van der Waals surface area contributed by atoms with Gasteiger partial charge in [-0.3, -0.25) is 15.0 Å². The zero-order valence-corrected chi connectivity index (χ0v) is 23.7. The summed E-state index contributed by atoms with van der Waals surface area (Å²) in [4.78, 5) is 30.5. The molecule has 2 aromatic rings. The van der Waals surface area contributed by atoms with Gasteiger partial charge in [0.25, 0.3) is 0 Å². The SMILES string of the molecule is CC1(OC(=O)Nc2ccccc2-c2ccccc2)CCN(CCCCCCCCN2CCN(C=O)CC2)CC1. The van der Waals surface area contributed by atoms with Crippen molar-refractivity contribution in [1.29, 1.82) is 0 Å². The Bertz CT molecular complexity index is 1020. The molecule has 7 heteroatoms. The highest BCUT2D eigenvalue weighted by Crippen LogP contribution is 2.30. The summed E-state index contributed by atoms with van der Waals surface area (Å²) in [7, 11) is 0. The molecule has 0 saturated carbocycles. The van der Waals surface area contributed by atoms with Crippen LogP contribution < -0.4 is 5.32 Å². The van der Waals surface area contributed by atoms with Gasteiger partial charge in [0.05, 0.1) is 5.69 Å². The van der Waals surface area contributed by atoms with E-state index in [0.717, 1.165) is 81.9 Å². The van der Waals surface area contributed by atoms with E-state index in [1.165, 1.54) is 45.1 Å². The third kappa shape index (κ3) is 9.36. The topological polar surface area (TPSA) is 65.1 Å². The third-order valence-electron chi connectivity index (χ3n) is 8.26. The fourth-order valence-corrected chi connectivity index (χ4v) is 5.64. The van der Waals surface area contributed by atoms with Gasteiger partial charge in [-0.1, -0.05) is 74.2 Å². The molecule has 2 fully saturated rings. The number of piperazine rings is 1. The van der Waals surface area contributed by atoms with E-state index in [2.05, 4.69) is 22.0 Å². The van der Waals surface area contributed by atoms with Crippen molar-refractivity contribution >= 4 is 18.2 Å². The summed E-state index contributed by atoms with van der Waals surface area (Å²) in [6.07, 6.45) is 10.0. The minimum absolute atomic E-state index is 0.377. The van der Waals surface area contributed by atoms with Crippen LogP contribution in [0.15, 0.2) is 54.6 Å². The number of rotatable bonds is 13. The highest BCUT2D eigenvalue weighted by atomic mass is 16.6. The second-order valence-corrected chi connectivity index (χ2v) is 11.3. The molecule has 1 N–H and O–H groups in total. The molecular formula is C32H46N4O3. The number of nitrogens with one attached hydrogen (secondary N) is 1. The van der Waals surface area contributed by atoms with E-state index in [1.54, 1.807) is 0 Å². The maximum Gasteiger partial charge on any atom is 0.412 e. The maximum atomic E-state index is 12.8. The molecule has 0 aliphatic carbocycles. The fraction of sp³-hybridized carbons (Fsp3) is 0.562. The summed E-state index contributed by atoms with van der Waals surface area (Å²) in [6.45, 7) is 10.1. The van der Waals surface area contributed by atoms with Crippen LogP contribution in [0.2, 0.25) is 0 Å². The van der Waals surface area contributed by atoms with E-state index in [9.17, 15) is 9.59 Å². The molecule has 7 nitrogen and oxygen atoms in total. The maximum absolute atomic E-state index is 12.8. The van der Waals surface area contributed by atoms with Gasteiger partial charge in [0, 0.05) is 44.8 Å². The van der Waals surface area contributed by atoms with Crippen LogP contribution in [0.25, 0.3) is 11.1 Å². The Morgan fingerprint density at radius 1 is 0.795 bits per heavy atom. The van der Waals surface area contributed by atoms with Gasteiger partial charge in [-0.25, -0.2) is 4.79 Å². The van der Waals surface area contributed by atoms with Crippen LogP contribution in [0.1, 0.15) is 58.3 Å². The zero-order valence-electron chi connectivity index (χ0n) is 23.7. The third-order valence-corrected chi connectivity index (χ3v) is 8.26. The van der Waals surface area contributed by atoms with Crippen molar-refractivity contribution in [3.8, 4) is 11.1 Å². The van der Waals surface area contributed by atoms with Crippen molar-refractivity contribution in [2.75, 3.05) is 57.7 Å². The summed E-state index contributed by atoms with van der Waals surface area (Å²) in [6, 6.07) is 17.9. The summed E-state index contributed by atoms with van der Waals surface area (Å²) in [5, 5.41) is 2.99. The predicted molar refractivity (Wildman–Crippen MR) is 158 cm³/mol. The first kappa shape index (κ1) is 29.1. The average molecular weight is 535 g/mol. The van der Waals surface area contributed by atoms with Crippen LogP contribution in [-0.4, -0.2) is 85.2 Å². The van der Waals surface area contributed by atoms with Gasteiger partial charge in [-0.05, 0) is 57.3 Å². The number of anilines is 1. The Morgan fingerprint density at radius 3 is 2.00 bits per heavy atom. The predicted octanol–water partition coefficient (Wildman–Crippen LogP) is 5.87. The number of hydrogen-bond acceptors (Lipinski definition) is 5. The molecule has 2 aliphatic heterocycles. The van der Waals surface area contributed by atoms with Crippen LogP contribution in [0.3, 0.4) is 0 Å². The molecule has 0 atom stereocenters. The number of likely N-dealkylation sites (tertiary alicyclic amines) is 1. The summed E-state index contributed by atoms with van der Waals surface area (Å²) in [5.41, 5.74) is 2.40. The molecular weight excluding hydrogens is 488 g/mol. The number of amides is 2. The van der Waals surface area contributed by atoms with Crippen LogP contribution in [-0.2, 0) is 9.53 Å². The van der Waals surface area contributed by atoms with E-state index in [0.29, 0.717) is 0 Å². The van der Waals surface area contributed by atoms with E-state index < -0.39 is 5.60 Å². The second-order valence-electron chi connectivity index (χ2n) is 11.3. The number of nitrogens with zero attached hydrogens (tertiary/aromatic N) is 3. The van der Waals surface area contributed by atoms with Crippen molar-refractivity contribution in [3.63, 3.8) is 0 Å². The highest BCUT2D eigenvalue weighted by molar-refractivity contribution is 5.91. The van der Waals surface area contributed by atoms with Crippen LogP contribution in [0, 0.1) is 0 Å². The molecule has 39 heavy (non-hydrogen) atoms. The molecule has 0 spiro atoms. The normalized spacial score (nSPS) is 18.0. The molecule has 2 aliphatic rings. The number of ether oxygens (including phenoxy) is 1. The van der Waals surface area contributed by atoms with Crippen molar-refractivity contribution in [3.05, 3.63) is 54.6 Å². The van der Waals surface area contributed by atoms with E-state index >= 15 is 0 Å². The molecule has 2 saturated heterocycles. The van der Waals surface area contributed by atoms with Crippen molar-refractivity contribution in [2.45, 2.75) is 63.9 Å². The lowest BCUT2D eigenvalue weighted by Gasteiger charge is -2.38. The summed E-state index contributed by atoms with van der Waals surface area (Å²) < 4.78 is 5.96. The smallest absolute Gasteiger partial charge is 0.412 e. The number of para-hydroxylation sites is 1. The lowest BCUT2D eigenvalue weighted by molar-refractivity contribution is -0.119. The molecule has 0 bridgehead atoms. The van der Waals surface area contributed by atoms with E-state index in [4.69, 9.17) is 4.74 Å². The molecule has 2 heterocycles. The van der Waals surface area contributed by atoms with Gasteiger partial charge in [0.15, 0.2) is 0 Å².